The van der Waals surface area contributed by atoms with E-state index in [9.17, 15) is 4.79 Å². The molecule has 18 heavy (non-hydrogen) atoms. The zero-order valence-electron chi connectivity index (χ0n) is 10.6. The Kier molecular flexibility index (Phi) is 4.66. The van der Waals surface area contributed by atoms with E-state index in [1.807, 2.05) is 25.1 Å². The van der Waals surface area contributed by atoms with Crippen molar-refractivity contribution in [2.24, 2.45) is 0 Å². The van der Waals surface area contributed by atoms with Crippen molar-refractivity contribution in [2.75, 3.05) is 19.8 Å². The number of rotatable bonds is 4. The van der Waals surface area contributed by atoms with Crippen molar-refractivity contribution in [1.82, 2.24) is 15.6 Å². The van der Waals surface area contributed by atoms with E-state index in [4.69, 9.17) is 4.74 Å². The lowest BCUT2D eigenvalue weighted by Crippen LogP contribution is -2.44. The van der Waals surface area contributed by atoms with Crippen LogP contribution in [-0.2, 0) is 9.53 Å². The van der Waals surface area contributed by atoms with Crippen LogP contribution in [0.15, 0.2) is 24.4 Å². The summed E-state index contributed by atoms with van der Waals surface area (Å²) in [6.45, 7) is 4.08. The molecule has 1 unspecified atom stereocenters. The van der Waals surface area contributed by atoms with Gasteiger partial charge in [-0.3, -0.25) is 9.78 Å². The van der Waals surface area contributed by atoms with Crippen LogP contribution >= 0.6 is 0 Å². The maximum atomic E-state index is 11.9. The summed E-state index contributed by atoms with van der Waals surface area (Å²) in [7, 11) is 0. The van der Waals surface area contributed by atoms with E-state index < -0.39 is 0 Å². The van der Waals surface area contributed by atoms with Crippen molar-refractivity contribution in [3.63, 3.8) is 0 Å². The van der Waals surface area contributed by atoms with Crippen molar-refractivity contribution in [2.45, 2.75) is 25.4 Å². The van der Waals surface area contributed by atoms with Crippen LogP contribution in [0.1, 0.15) is 25.1 Å². The molecule has 0 aliphatic carbocycles. The van der Waals surface area contributed by atoms with Gasteiger partial charge in [0.2, 0.25) is 5.91 Å². The SMILES string of the molecule is C[C@@H](NC(=O)CC1COCCN1)c1ccccn1. The van der Waals surface area contributed by atoms with Crippen LogP contribution in [0.25, 0.3) is 0 Å². The predicted molar refractivity (Wildman–Crippen MR) is 68.0 cm³/mol. The van der Waals surface area contributed by atoms with E-state index in [0.717, 1.165) is 18.8 Å². The lowest BCUT2D eigenvalue weighted by atomic mass is 10.1. The second-order valence-electron chi connectivity index (χ2n) is 4.47. The van der Waals surface area contributed by atoms with Crippen molar-refractivity contribution in [3.8, 4) is 0 Å². The van der Waals surface area contributed by atoms with E-state index >= 15 is 0 Å². The van der Waals surface area contributed by atoms with Gasteiger partial charge in [0.1, 0.15) is 0 Å². The van der Waals surface area contributed by atoms with E-state index in [1.54, 1.807) is 6.20 Å². The highest BCUT2D eigenvalue weighted by molar-refractivity contribution is 5.77. The molecular formula is C13H19N3O2. The number of nitrogens with zero attached hydrogens (tertiary/aromatic N) is 1. The summed E-state index contributed by atoms with van der Waals surface area (Å²) in [5, 5.41) is 6.21. The number of pyridine rings is 1. The Balaban J connectivity index is 1.80. The molecule has 98 valence electrons. The number of ether oxygens (including phenoxy) is 1. The smallest absolute Gasteiger partial charge is 0.222 e. The third-order valence-electron chi connectivity index (χ3n) is 2.94. The minimum atomic E-state index is -0.0665. The lowest BCUT2D eigenvalue weighted by Gasteiger charge is -2.24. The summed E-state index contributed by atoms with van der Waals surface area (Å²) in [4.78, 5) is 16.1. The fourth-order valence-corrected chi connectivity index (χ4v) is 1.98. The highest BCUT2D eigenvalue weighted by atomic mass is 16.5. The van der Waals surface area contributed by atoms with Gasteiger partial charge in [0, 0.05) is 25.2 Å². The molecule has 2 heterocycles. The Hall–Kier alpha value is -1.46. The molecule has 0 spiro atoms. The number of nitrogens with one attached hydrogen (secondary N) is 2. The Labute approximate surface area is 107 Å². The highest BCUT2D eigenvalue weighted by Crippen LogP contribution is 2.08. The second kappa shape index (κ2) is 6.47. The molecule has 5 nitrogen and oxygen atoms in total. The average molecular weight is 249 g/mol. The molecule has 1 amide bonds. The first-order valence-corrected chi connectivity index (χ1v) is 6.27. The van der Waals surface area contributed by atoms with Gasteiger partial charge in [-0.15, -0.1) is 0 Å². The molecule has 2 rings (SSSR count). The van der Waals surface area contributed by atoms with Crippen molar-refractivity contribution in [1.29, 1.82) is 0 Å². The Bertz CT molecular complexity index is 377. The van der Waals surface area contributed by atoms with Crippen LogP contribution < -0.4 is 10.6 Å². The van der Waals surface area contributed by atoms with Gasteiger partial charge in [-0.2, -0.15) is 0 Å². The summed E-state index contributed by atoms with van der Waals surface area (Å²) in [6.07, 6.45) is 2.17. The minimum Gasteiger partial charge on any atom is -0.378 e. The first-order valence-electron chi connectivity index (χ1n) is 6.27. The highest BCUT2D eigenvalue weighted by Gasteiger charge is 2.18. The quantitative estimate of drug-likeness (QED) is 0.822. The lowest BCUT2D eigenvalue weighted by molar-refractivity contribution is -0.122. The fraction of sp³-hybridized carbons (Fsp3) is 0.538. The molecule has 0 bridgehead atoms. The third kappa shape index (κ3) is 3.78. The fourth-order valence-electron chi connectivity index (χ4n) is 1.98. The third-order valence-corrected chi connectivity index (χ3v) is 2.94. The van der Waals surface area contributed by atoms with Gasteiger partial charge in [0.05, 0.1) is 24.9 Å². The van der Waals surface area contributed by atoms with Crippen LogP contribution in [0, 0.1) is 0 Å². The van der Waals surface area contributed by atoms with Gasteiger partial charge < -0.3 is 15.4 Å². The van der Waals surface area contributed by atoms with Crippen molar-refractivity contribution < 1.29 is 9.53 Å². The predicted octanol–water partition coefficient (Wildman–Crippen LogP) is 0.637. The molecule has 1 aliphatic rings. The Morgan fingerprint density at radius 3 is 3.22 bits per heavy atom. The van der Waals surface area contributed by atoms with Crippen molar-refractivity contribution >= 4 is 5.91 Å². The number of carbonyl (C=O) groups is 1. The second-order valence-corrected chi connectivity index (χ2v) is 4.47. The van der Waals surface area contributed by atoms with Gasteiger partial charge >= 0.3 is 0 Å². The first kappa shape index (κ1) is 13.0. The monoisotopic (exact) mass is 249 g/mol. The summed E-state index contributed by atoms with van der Waals surface area (Å²) in [5.74, 6) is 0.0242. The van der Waals surface area contributed by atoms with Gasteiger partial charge in [0.25, 0.3) is 0 Å². The number of carbonyl (C=O) groups excluding carboxylic acids is 1. The summed E-state index contributed by atoms with van der Waals surface area (Å²) >= 11 is 0. The van der Waals surface area contributed by atoms with Crippen LogP contribution in [-0.4, -0.2) is 36.7 Å². The molecule has 2 N–H and O–H groups in total. The summed E-state index contributed by atoms with van der Waals surface area (Å²) in [6, 6.07) is 5.74. The molecule has 0 aromatic carbocycles. The molecule has 1 aromatic rings. The average Bonchev–Trinajstić information content (AvgIpc) is 2.40. The van der Waals surface area contributed by atoms with Gasteiger partial charge in [0.15, 0.2) is 0 Å². The maximum absolute atomic E-state index is 11.9. The molecule has 1 aliphatic heterocycles. The van der Waals surface area contributed by atoms with Gasteiger partial charge in [-0.1, -0.05) is 6.07 Å². The molecule has 1 saturated heterocycles. The molecular weight excluding hydrogens is 230 g/mol. The zero-order valence-corrected chi connectivity index (χ0v) is 10.6. The number of morpholine rings is 1. The van der Waals surface area contributed by atoms with Gasteiger partial charge in [-0.05, 0) is 19.1 Å². The van der Waals surface area contributed by atoms with Crippen LogP contribution in [0.5, 0.6) is 0 Å². The Morgan fingerprint density at radius 1 is 1.67 bits per heavy atom. The number of hydrogen-bond acceptors (Lipinski definition) is 4. The summed E-state index contributed by atoms with van der Waals surface area (Å²) < 4.78 is 5.32. The van der Waals surface area contributed by atoms with Crippen LogP contribution in [0.3, 0.4) is 0 Å². The number of aromatic nitrogens is 1. The molecule has 5 heteroatoms. The van der Waals surface area contributed by atoms with E-state index in [0.29, 0.717) is 13.0 Å². The molecule has 2 atom stereocenters. The zero-order chi connectivity index (χ0) is 12.8. The topological polar surface area (TPSA) is 63.2 Å². The van der Waals surface area contributed by atoms with Crippen LogP contribution in [0.2, 0.25) is 0 Å². The first-order chi connectivity index (χ1) is 8.75. The standard InChI is InChI=1S/C13H19N3O2/c1-10(12-4-2-3-5-15-12)16-13(17)8-11-9-18-7-6-14-11/h2-5,10-11,14H,6-9H2,1H3,(H,16,17)/t10-,11?/m1/s1. The molecule has 0 saturated carbocycles. The largest absolute Gasteiger partial charge is 0.378 e. The van der Waals surface area contributed by atoms with E-state index in [-0.39, 0.29) is 18.0 Å². The maximum Gasteiger partial charge on any atom is 0.222 e. The van der Waals surface area contributed by atoms with E-state index in [1.165, 1.54) is 0 Å². The number of amides is 1. The van der Waals surface area contributed by atoms with Crippen molar-refractivity contribution in [3.05, 3.63) is 30.1 Å². The van der Waals surface area contributed by atoms with Gasteiger partial charge in [-0.25, -0.2) is 0 Å². The molecule has 1 fully saturated rings. The normalized spacial score (nSPS) is 21.3. The van der Waals surface area contributed by atoms with E-state index in [2.05, 4.69) is 15.6 Å². The summed E-state index contributed by atoms with van der Waals surface area (Å²) in [5.41, 5.74) is 0.874. The molecule has 0 radical (unpaired) electrons. The molecule has 1 aromatic heterocycles. The number of hydrogen-bond donors (Lipinski definition) is 2. The minimum absolute atomic E-state index is 0.0242. The van der Waals surface area contributed by atoms with Crippen LogP contribution in [0.4, 0.5) is 0 Å². The Morgan fingerprint density at radius 2 is 2.56 bits per heavy atom.